The van der Waals surface area contributed by atoms with E-state index in [-0.39, 0.29) is 10.5 Å². The van der Waals surface area contributed by atoms with Crippen LogP contribution in [0.2, 0.25) is 18.1 Å². The zero-order chi connectivity index (χ0) is 22.3. The van der Waals surface area contributed by atoms with Gasteiger partial charge in [-0.25, -0.2) is 0 Å². The molecule has 1 aliphatic heterocycles. The van der Waals surface area contributed by atoms with E-state index >= 15 is 0 Å². The topological polar surface area (TPSA) is 29.5 Å². The summed E-state index contributed by atoms with van der Waals surface area (Å²) in [6.07, 6.45) is 12.2. The second kappa shape index (κ2) is 8.66. The van der Waals surface area contributed by atoms with E-state index in [4.69, 9.17) is 4.43 Å². The highest BCUT2D eigenvalue weighted by atomic mass is 28.4. The highest BCUT2D eigenvalue weighted by Crippen LogP contribution is 2.46. The normalized spacial score (nSPS) is 27.1. The fraction of sp³-hybridized carbons (Fsp3) is 0.741. The van der Waals surface area contributed by atoms with Gasteiger partial charge >= 0.3 is 0 Å². The molecule has 1 aromatic carbocycles. The van der Waals surface area contributed by atoms with Crippen molar-refractivity contribution in [3.8, 4) is 0 Å². The third kappa shape index (κ3) is 4.66. The number of carbonyl (C=O) groups is 1. The van der Waals surface area contributed by atoms with Crippen LogP contribution in [0.15, 0.2) is 24.3 Å². The average Bonchev–Trinajstić information content (AvgIpc) is 3.04. The minimum Gasteiger partial charge on any atom is -0.414 e. The van der Waals surface area contributed by atoms with Crippen molar-refractivity contribution in [2.75, 3.05) is 11.4 Å². The Hall–Kier alpha value is -1.13. The van der Waals surface area contributed by atoms with Crippen LogP contribution in [-0.2, 0) is 9.22 Å². The molecule has 3 fully saturated rings. The third-order valence-corrected chi connectivity index (χ3v) is 13.5. The van der Waals surface area contributed by atoms with Crippen LogP contribution < -0.4 is 4.90 Å². The van der Waals surface area contributed by atoms with Crippen molar-refractivity contribution >= 4 is 19.9 Å². The summed E-state index contributed by atoms with van der Waals surface area (Å²) < 4.78 is 6.68. The quantitative estimate of drug-likeness (QED) is 0.455. The molecule has 1 amide bonds. The zero-order valence-electron chi connectivity index (χ0n) is 20.5. The van der Waals surface area contributed by atoms with E-state index in [0.717, 1.165) is 31.5 Å². The smallest absolute Gasteiger partial charge is 0.233 e. The summed E-state index contributed by atoms with van der Waals surface area (Å²) in [5.74, 6) is 1.02. The number of anilines is 1. The summed E-state index contributed by atoms with van der Waals surface area (Å²) in [7, 11) is -1.68. The molecule has 0 atom stereocenters. The molecule has 3 aliphatic rings. The van der Waals surface area contributed by atoms with Crippen molar-refractivity contribution < 1.29 is 9.22 Å². The van der Waals surface area contributed by atoms with Crippen LogP contribution in [0.3, 0.4) is 0 Å². The van der Waals surface area contributed by atoms with Crippen molar-refractivity contribution in [2.45, 2.75) is 115 Å². The fourth-order valence-corrected chi connectivity index (χ4v) is 7.22. The van der Waals surface area contributed by atoms with Crippen molar-refractivity contribution in [2.24, 2.45) is 5.41 Å². The number of benzene rings is 1. The van der Waals surface area contributed by atoms with Crippen LogP contribution >= 0.6 is 0 Å². The predicted octanol–water partition coefficient (Wildman–Crippen LogP) is 7.42. The largest absolute Gasteiger partial charge is 0.414 e. The van der Waals surface area contributed by atoms with Crippen LogP contribution in [-0.4, -0.2) is 26.9 Å². The van der Waals surface area contributed by atoms with Crippen molar-refractivity contribution in [3.63, 3.8) is 0 Å². The Bertz CT molecular complexity index is 765. The summed E-state index contributed by atoms with van der Waals surface area (Å²) in [5, 5.41) is 0.281. The Morgan fingerprint density at radius 2 is 1.55 bits per heavy atom. The van der Waals surface area contributed by atoms with E-state index in [0.29, 0.717) is 17.9 Å². The van der Waals surface area contributed by atoms with E-state index in [2.05, 4.69) is 63.0 Å². The predicted molar refractivity (Wildman–Crippen MR) is 132 cm³/mol. The highest BCUT2D eigenvalue weighted by Gasteiger charge is 2.47. The molecule has 31 heavy (non-hydrogen) atoms. The molecule has 2 saturated carbocycles. The lowest BCUT2D eigenvalue weighted by molar-refractivity contribution is -0.127. The van der Waals surface area contributed by atoms with Gasteiger partial charge in [0.15, 0.2) is 8.32 Å². The minimum atomic E-state index is -1.68. The Morgan fingerprint density at radius 3 is 2.13 bits per heavy atom. The number of hydrogen-bond donors (Lipinski definition) is 0. The molecule has 4 heteroatoms. The lowest BCUT2D eigenvalue weighted by Gasteiger charge is -2.41. The molecule has 1 aromatic rings. The molecule has 1 saturated heterocycles. The molecule has 3 nitrogen and oxygen atoms in total. The first kappa shape index (κ1) is 23.0. The van der Waals surface area contributed by atoms with Gasteiger partial charge in [-0.3, -0.25) is 4.79 Å². The zero-order valence-corrected chi connectivity index (χ0v) is 21.5. The van der Waals surface area contributed by atoms with E-state index in [1.807, 2.05) is 0 Å². The number of nitrogens with zero attached hydrogens (tertiary/aromatic N) is 1. The number of rotatable bonds is 4. The Kier molecular flexibility index (Phi) is 6.44. The van der Waals surface area contributed by atoms with Gasteiger partial charge in [0, 0.05) is 18.3 Å². The van der Waals surface area contributed by atoms with Gasteiger partial charge in [-0.05, 0) is 86.7 Å². The van der Waals surface area contributed by atoms with E-state index in [9.17, 15) is 4.79 Å². The lowest BCUT2D eigenvalue weighted by atomic mass is 9.73. The molecular weight excluding hydrogens is 398 g/mol. The highest BCUT2D eigenvalue weighted by molar-refractivity contribution is 6.74. The van der Waals surface area contributed by atoms with Crippen molar-refractivity contribution in [1.29, 1.82) is 0 Å². The summed E-state index contributed by atoms with van der Waals surface area (Å²) in [6, 6.07) is 8.98. The van der Waals surface area contributed by atoms with Crippen LogP contribution in [0.25, 0.3) is 0 Å². The number of carbonyl (C=O) groups excluding carboxylic acids is 1. The van der Waals surface area contributed by atoms with Crippen LogP contribution in [0, 0.1) is 5.41 Å². The van der Waals surface area contributed by atoms with Crippen molar-refractivity contribution in [1.82, 2.24) is 0 Å². The van der Waals surface area contributed by atoms with Gasteiger partial charge in [0.1, 0.15) is 0 Å². The Balaban J connectivity index is 1.34. The second-order valence-electron chi connectivity index (χ2n) is 12.0. The van der Waals surface area contributed by atoms with Crippen LogP contribution in [0.5, 0.6) is 0 Å². The molecule has 0 radical (unpaired) electrons. The first-order valence-corrected chi connectivity index (χ1v) is 15.6. The molecule has 0 unspecified atom stereocenters. The third-order valence-electron chi connectivity index (χ3n) is 8.94. The van der Waals surface area contributed by atoms with Crippen LogP contribution in [0.1, 0.15) is 96.5 Å². The number of hydrogen-bond acceptors (Lipinski definition) is 2. The minimum absolute atomic E-state index is 0.0422. The number of amides is 1. The van der Waals surface area contributed by atoms with Gasteiger partial charge in [0.05, 0.1) is 5.41 Å². The molecule has 1 spiro atoms. The maximum Gasteiger partial charge on any atom is 0.233 e. The Morgan fingerprint density at radius 1 is 0.935 bits per heavy atom. The first-order chi connectivity index (χ1) is 14.6. The molecule has 1 heterocycles. The SMILES string of the molecule is CC(C)(C)[Si](C)(C)OC1CCC(c2ccc(N3CCC4(CCCCC4)C3=O)cc2)CC1. The van der Waals surface area contributed by atoms with Crippen molar-refractivity contribution in [3.05, 3.63) is 29.8 Å². The molecular formula is C27H43NO2Si. The van der Waals surface area contributed by atoms with Gasteiger partial charge in [0.2, 0.25) is 5.91 Å². The van der Waals surface area contributed by atoms with Gasteiger partial charge in [-0.1, -0.05) is 52.2 Å². The first-order valence-electron chi connectivity index (χ1n) is 12.7. The van der Waals surface area contributed by atoms with Gasteiger partial charge in [0.25, 0.3) is 0 Å². The van der Waals surface area contributed by atoms with Gasteiger partial charge < -0.3 is 9.33 Å². The molecule has 0 N–H and O–H groups in total. The maximum absolute atomic E-state index is 13.2. The van der Waals surface area contributed by atoms with Gasteiger partial charge in [-0.15, -0.1) is 0 Å². The molecule has 2 aliphatic carbocycles. The van der Waals surface area contributed by atoms with E-state index in [1.165, 1.54) is 50.5 Å². The molecule has 0 aromatic heterocycles. The molecule has 0 bridgehead atoms. The van der Waals surface area contributed by atoms with Gasteiger partial charge in [-0.2, -0.15) is 0 Å². The Labute approximate surface area is 191 Å². The summed E-state index contributed by atoms with van der Waals surface area (Å²) in [6.45, 7) is 12.6. The summed E-state index contributed by atoms with van der Waals surface area (Å²) >= 11 is 0. The lowest BCUT2D eigenvalue weighted by Crippen LogP contribution is -2.44. The standard InChI is InChI=1S/C27H43NO2Si/c1-26(2,3)31(4,5)30-24-15-11-22(12-16-24)21-9-13-23(14-10-21)28-20-19-27(25(28)29)17-7-6-8-18-27/h9-10,13-14,22,24H,6-8,11-12,15-20H2,1-5H3. The van der Waals surface area contributed by atoms with E-state index in [1.54, 1.807) is 0 Å². The average molecular weight is 442 g/mol. The molecule has 172 valence electrons. The second-order valence-corrected chi connectivity index (χ2v) is 16.7. The monoisotopic (exact) mass is 441 g/mol. The fourth-order valence-electron chi connectivity index (χ4n) is 5.79. The summed E-state index contributed by atoms with van der Waals surface area (Å²) in [5.41, 5.74) is 2.50. The summed E-state index contributed by atoms with van der Waals surface area (Å²) in [4.78, 5) is 15.3. The van der Waals surface area contributed by atoms with Crippen LogP contribution in [0.4, 0.5) is 5.69 Å². The molecule has 4 rings (SSSR count). The maximum atomic E-state index is 13.2. The van der Waals surface area contributed by atoms with E-state index < -0.39 is 8.32 Å².